The van der Waals surface area contributed by atoms with Gasteiger partial charge in [-0.1, -0.05) is 6.92 Å². The molecule has 0 spiro atoms. The van der Waals surface area contributed by atoms with Gasteiger partial charge in [-0.05, 0) is 51.4 Å². The first-order valence-electron chi connectivity index (χ1n) is 10.8. The van der Waals surface area contributed by atoms with Crippen LogP contribution in [0.15, 0.2) is 28.5 Å². The van der Waals surface area contributed by atoms with Crippen molar-refractivity contribution in [3.8, 4) is 0 Å². The van der Waals surface area contributed by atoms with Gasteiger partial charge in [-0.2, -0.15) is 10.2 Å². The summed E-state index contributed by atoms with van der Waals surface area (Å²) in [4.78, 5) is 29.0. The van der Waals surface area contributed by atoms with Crippen LogP contribution < -0.4 is 16.7 Å². The average molecular weight is 445 g/mol. The van der Waals surface area contributed by atoms with Crippen LogP contribution in [0.25, 0.3) is 0 Å². The lowest BCUT2D eigenvalue weighted by Crippen LogP contribution is -2.49. The molecular formula is C21H32N8O3. The predicted molar refractivity (Wildman–Crippen MR) is 120 cm³/mol. The van der Waals surface area contributed by atoms with Gasteiger partial charge >= 0.3 is 5.97 Å². The zero-order valence-electron chi connectivity index (χ0n) is 19.0. The van der Waals surface area contributed by atoms with Crippen LogP contribution in [0.1, 0.15) is 38.8 Å². The number of ether oxygens (including phenoxy) is 1. The molecule has 174 valence electrons. The van der Waals surface area contributed by atoms with Crippen molar-refractivity contribution in [2.24, 2.45) is 22.2 Å². The maximum atomic E-state index is 13.4. The molecule has 1 fully saturated rings. The van der Waals surface area contributed by atoms with Crippen LogP contribution in [-0.4, -0.2) is 71.5 Å². The quantitative estimate of drug-likeness (QED) is 0.191. The van der Waals surface area contributed by atoms with Gasteiger partial charge in [0, 0.05) is 20.0 Å². The third kappa shape index (κ3) is 4.89. The Morgan fingerprint density at radius 2 is 2.06 bits per heavy atom. The van der Waals surface area contributed by atoms with E-state index in [0.29, 0.717) is 17.1 Å². The predicted octanol–water partition coefficient (Wildman–Crippen LogP) is 0.383. The summed E-state index contributed by atoms with van der Waals surface area (Å²) in [5.41, 5.74) is 1.64. The van der Waals surface area contributed by atoms with E-state index in [-0.39, 0.29) is 18.5 Å². The Bertz CT molecular complexity index is 891. The van der Waals surface area contributed by atoms with Crippen molar-refractivity contribution >= 4 is 24.0 Å². The van der Waals surface area contributed by atoms with Gasteiger partial charge in [0.2, 0.25) is 5.91 Å². The Kier molecular flexibility index (Phi) is 7.41. The van der Waals surface area contributed by atoms with Crippen LogP contribution in [-0.2, 0) is 20.7 Å². The van der Waals surface area contributed by atoms with Gasteiger partial charge < -0.3 is 20.4 Å². The molecule has 3 heterocycles. The summed E-state index contributed by atoms with van der Waals surface area (Å²) in [7, 11) is 1.75. The average Bonchev–Trinajstić information content (AvgIpc) is 3.15. The van der Waals surface area contributed by atoms with Gasteiger partial charge in [0.15, 0.2) is 5.82 Å². The molecule has 0 radical (unpaired) electrons. The number of cyclic esters (lactones) is 1. The van der Waals surface area contributed by atoms with E-state index in [2.05, 4.69) is 27.1 Å². The minimum Gasteiger partial charge on any atom is -0.456 e. The summed E-state index contributed by atoms with van der Waals surface area (Å²) < 4.78 is 5.08. The van der Waals surface area contributed by atoms with E-state index < -0.39 is 5.41 Å². The number of carbonyl (C=O) groups is 2. The Morgan fingerprint density at radius 1 is 1.34 bits per heavy atom. The smallest absolute Gasteiger partial charge is 0.336 e. The van der Waals surface area contributed by atoms with Crippen molar-refractivity contribution in [3.05, 3.63) is 29.1 Å². The topological polar surface area (TPSA) is 143 Å². The molecule has 0 bridgehead atoms. The second-order valence-electron chi connectivity index (χ2n) is 8.29. The van der Waals surface area contributed by atoms with Crippen LogP contribution in [0, 0.1) is 5.41 Å². The first-order chi connectivity index (χ1) is 15.3. The first kappa shape index (κ1) is 23.6. The van der Waals surface area contributed by atoms with Crippen molar-refractivity contribution in [2.45, 2.75) is 39.5 Å². The van der Waals surface area contributed by atoms with E-state index in [4.69, 9.17) is 16.4 Å². The maximum Gasteiger partial charge on any atom is 0.336 e. The molecule has 0 atom stereocenters. The number of nitrogens with two attached hydrogens (primary N) is 2. The number of hydrazine groups is 1. The summed E-state index contributed by atoms with van der Waals surface area (Å²) in [6, 6.07) is 3.65. The molecule has 11 heteroatoms. The van der Waals surface area contributed by atoms with Crippen molar-refractivity contribution < 1.29 is 14.3 Å². The minimum atomic E-state index is -0.416. The van der Waals surface area contributed by atoms with E-state index in [9.17, 15) is 9.59 Å². The van der Waals surface area contributed by atoms with Crippen LogP contribution in [0.5, 0.6) is 0 Å². The van der Waals surface area contributed by atoms with Crippen LogP contribution in [0.4, 0.5) is 5.82 Å². The molecule has 1 saturated heterocycles. The van der Waals surface area contributed by atoms with Crippen molar-refractivity contribution in [2.75, 3.05) is 38.3 Å². The van der Waals surface area contributed by atoms with E-state index >= 15 is 0 Å². The number of amides is 1. The van der Waals surface area contributed by atoms with Crippen molar-refractivity contribution in [1.82, 2.24) is 20.0 Å². The number of piperidine rings is 1. The lowest BCUT2D eigenvalue weighted by atomic mass is 9.74. The van der Waals surface area contributed by atoms with Gasteiger partial charge in [0.05, 0.1) is 22.4 Å². The number of esters is 1. The number of rotatable bonds is 8. The third-order valence-electron chi connectivity index (χ3n) is 6.58. The number of likely N-dealkylation sites (tertiary alicyclic amines) is 1. The number of aromatic nitrogens is 2. The highest BCUT2D eigenvalue weighted by Crippen LogP contribution is 2.38. The number of carbonyl (C=O) groups excluding carboxylic acids is 2. The Morgan fingerprint density at radius 3 is 2.59 bits per heavy atom. The van der Waals surface area contributed by atoms with Crippen LogP contribution in [0.2, 0.25) is 0 Å². The molecule has 4 N–H and O–H groups in total. The summed E-state index contributed by atoms with van der Waals surface area (Å²) >= 11 is 0. The number of hydrogen-bond acceptors (Lipinski definition) is 9. The monoisotopic (exact) mass is 444 g/mol. The van der Waals surface area contributed by atoms with Gasteiger partial charge in [-0.15, -0.1) is 5.10 Å². The fourth-order valence-electron chi connectivity index (χ4n) is 4.25. The number of hydrogen-bond donors (Lipinski definition) is 2. The van der Waals surface area contributed by atoms with E-state index in [1.807, 2.05) is 6.07 Å². The highest BCUT2D eigenvalue weighted by atomic mass is 16.5. The maximum absolute atomic E-state index is 13.4. The second-order valence-corrected chi connectivity index (χ2v) is 8.29. The summed E-state index contributed by atoms with van der Waals surface area (Å²) in [5, 5.41) is 12.9. The third-order valence-corrected chi connectivity index (χ3v) is 6.58. The first-order valence-corrected chi connectivity index (χ1v) is 10.8. The molecule has 1 aromatic rings. The van der Waals surface area contributed by atoms with Gasteiger partial charge in [-0.25, -0.2) is 15.6 Å². The molecular weight excluding hydrogens is 412 g/mol. The molecule has 0 saturated carbocycles. The van der Waals surface area contributed by atoms with Gasteiger partial charge in [-0.3, -0.25) is 4.79 Å². The lowest BCUT2D eigenvalue weighted by Gasteiger charge is -2.42. The molecule has 3 rings (SSSR count). The number of likely N-dealkylation sites (N-methyl/N-ethyl adjacent to an activating group) is 1. The van der Waals surface area contributed by atoms with E-state index in [1.54, 1.807) is 24.9 Å². The molecule has 2 aliphatic rings. The fourth-order valence-corrected chi connectivity index (χ4v) is 4.25. The zero-order chi connectivity index (χ0) is 23.3. The van der Waals surface area contributed by atoms with Crippen molar-refractivity contribution in [3.63, 3.8) is 0 Å². The Labute approximate surface area is 188 Å². The van der Waals surface area contributed by atoms with Gasteiger partial charge in [0.1, 0.15) is 12.9 Å². The Hall–Kier alpha value is -3.05. The minimum absolute atomic E-state index is 0.0705. The number of hydrazone groups is 1. The molecule has 0 aliphatic carbocycles. The summed E-state index contributed by atoms with van der Waals surface area (Å²) in [6.45, 7) is 6.43. The zero-order valence-corrected chi connectivity index (χ0v) is 19.0. The van der Waals surface area contributed by atoms with Crippen LogP contribution in [0.3, 0.4) is 0 Å². The molecule has 0 aromatic carbocycles. The summed E-state index contributed by atoms with van der Waals surface area (Å²) in [5.74, 6) is 11.0. The number of nitrogens with zero attached hydrogens (tertiary/aromatic N) is 6. The molecule has 0 unspecified atom stereocenters. The lowest BCUT2D eigenvalue weighted by molar-refractivity contribution is -0.143. The van der Waals surface area contributed by atoms with E-state index in [1.165, 1.54) is 11.3 Å². The standard InChI is InChI=1S/C21H32N8O3/c1-4-21(20(31)27(3)17-13-32-19(30)15(17)2)8-11-28(12-9-21)10-7-16-5-6-18(26-25-16)29(23)14-24-22/h5-6,14H,4,7-13,22-23H2,1-3H3/b24-14-. The SMILES string of the molecule is CCC1(C(=O)N(C)C2=C(C)C(=O)OC2)CCN(CCc2ccc(N(N)/C=N\N)nn2)CC1. The molecule has 2 aliphatic heterocycles. The molecule has 32 heavy (non-hydrogen) atoms. The second kappa shape index (κ2) is 10.0. The largest absolute Gasteiger partial charge is 0.456 e. The highest BCUT2D eigenvalue weighted by molar-refractivity contribution is 5.93. The number of anilines is 1. The highest BCUT2D eigenvalue weighted by Gasteiger charge is 2.43. The van der Waals surface area contributed by atoms with Gasteiger partial charge in [0.25, 0.3) is 0 Å². The normalized spacial score (nSPS) is 18.8. The molecule has 11 nitrogen and oxygen atoms in total. The van der Waals surface area contributed by atoms with Crippen molar-refractivity contribution in [1.29, 1.82) is 0 Å². The Balaban J connectivity index is 1.55. The molecule has 1 aromatic heterocycles. The molecule has 1 amide bonds. The summed E-state index contributed by atoms with van der Waals surface area (Å²) in [6.07, 6.45) is 4.32. The fraction of sp³-hybridized carbons (Fsp3) is 0.571. The van der Waals surface area contributed by atoms with E-state index in [0.717, 1.165) is 51.0 Å². The van der Waals surface area contributed by atoms with Crippen LogP contribution >= 0.6 is 0 Å².